The van der Waals surface area contributed by atoms with Crippen LogP contribution in [0.3, 0.4) is 0 Å². The predicted molar refractivity (Wildman–Crippen MR) is 105 cm³/mol. The van der Waals surface area contributed by atoms with Crippen LogP contribution in [0.4, 0.5) is 5.69 Å². The molecule has 1 aliphatic heterocycles. The molecule has 1 saturated heterocycles. The fraction of sp³-hybridized carbons (Fsp3) is 0.400. The number of carbonyl (C=O) groups excluding carboxylic acids is 1. The maximum Gasteiger partial charge on any atom is 0.328 e. The van der Waals surface area contributed by atoms with Gasteiger partial charge in [-0.25, -0.2) is 4.79 Å². The van der Waals surface area contributed by atoms with E-state index in [2.05, 4.69) is 14.9 Å². The number of aryl methyl sites for hydroxylation is 1. The number of nitrogens with zero attached hydrogens (tertiary/aromatic N) is 4. The number of β-amino-alcohol motifs (C(OH)–C–C–N with tert-alkyl or cyclic N) is 1. The Bertz CT molecular complexity index is 930. The number of hydrogen-bond donors (Lipinski definition) is 2. The van der Waals surface area contributed by atoms with Crippen molar-refractivity contribution in [1.82, 2.24) is 14.9 Å². The zero-order valence-electron chi connectivity index (χ0n) is 16.0. The van der Waals surface area contributed by atoms with E-state index in [9.17, 15) is 14.7 Å². The summed E-state index contributed by atoms with van der Waals surface area (Å²) in [6, 6.07) is 3.85. The third kappa shape index (κ3) is 4.45. The van der Waals surface area contributed by atoms with Gasteiger partial charge < -0.3 is 20.0 Å². The SMILES string of the molecule is Cc1cc(N2CCC[C@@](O)(CN(C)C(=O)/C=C/C(=O)O)C2)c2cnccc2n1. The number of rotatable bonds is 5. The van der Waals surface area contributed by atoms with Gasteiger partial charge in [-0.3, -0.25) is 14.8 Å². The van der Waals surface area contributed by atoms with Crippen molar-refractivity contribution in [2.45, 2.75) is 25.4 Å². The van der Waals surface area contributed by atoms with Crippen LogP contribution in [-0.2, 0) is 9.59 Å². The van der Waals surface area contributed by atoms with Gasteiger partial charge in [0.05, 0.1) is 17.7 Å². The van der Waals surface area contributed by atoms with Crippen molar-refractivity contribution in [3.05, 3.63) is 42.4 Å². The van der Waals surface area contributed by atoms with Gasteiger partial charge in [-0.15, -0.1) is 0 Å². The minimum absolute atomic E-state index is 0.118. The number of fused-ring (bicyclic) bond motifs is 1. The summed E-state index contributed by atoms with van der Waals surface area (Å²) >= 11 is 0. The van der Waals surface area contributed by atoms with E-state index in [0.717, 1.165) is 47.4 Å². The van der Waals surface area contributed by atoms with Crippen molar-refractivity contribution in [2.75, 3.05) is 31.6 Å². The third-order valence-electron chi connectivity index (χ3n) is 4.89. The number of hydrogen-bond acceptors (Lipinski definition) is 6. The topological polar surface area (TPSA) is 107 Å². The average molecular weight is 384 g/mol. The van der Waals surface area contributed by atoms with Gasteiger partial charge in [0.15, 0.2) is 0 Å². The quantitative estimate of drug-likeness (QED) is 0.750. The summed E-state index contributed by atoms with van der Waals surface area (Å²) < 4.78 is 0. The number of likely N-dealkylation sites (N-methyl/N-ethyl adjacent to an activating group) is 1. The summed E-state index contributed by atoms with van der Waals surface area (Å²) in [4.78, 5) is 34.9. The van der Waals surface area contributed by atoms with Crippen LogP contribution in [0.2, 0.25) is 0 Å². The van der Waals surface area contributed by atoms with Crippen molar-refractivity contribution in [3.8, 4) is 0 Å². The highest BCUT2D eigenvalue weighted by Gasteiger charge is 2.35. The molecule has 0 aromatic carbocycles. The lowest BCUT2D eigenvalue weighted by atomic mass is 9.91. The molecule has 3 heterocycles. The van der Waals surface area contributed by atoms with Gasteiger partial charge >= 0.3 is 5.97 Å². The summed E-state index contributed by atoms with van der Waals surface area (Å²) in [6.45, 7) is 3.19. The van der Waals surface area contributed by atoms with E-state index < -0.39 is 17.5 Å². The van der Waals surface area contributed by atoms with Crippen LogP contribution in [0.1, 0.15) is 18.5 Å². The Labute approximate surface area is 163 Å². The van der Waals surface area contributed by atoms with E-state index in [1.165, 1.54) is 4.90 Å². The van der Waals surface area contributed by atoms with Gasteiger partial charge in [-0.05, 0) is 31.9 Å². The summed E-state index contributed by atoms with van der Waals surface area (Å²) in [6.07, 6.45) is 6.61. The second kappa shape index (κ2) is 7.93. The molecule has 2 aromatic rings. The fourth-order valence-corrected chi connectivity index (χ4v) is 3.68. The molecule has 2 N–H and O–H groups in total. The molecule has 0 aliphatic carbocycles. The predicted octanol–water partition coefficient (Wildman–Crippen LogP) is 1.37. The van der Waals surface area contributed by atoms with Crippen LogP contribution in [0, 0.1) is 6.92 Å². The highest BCUT2D eigenvalue weighted by Crippen LogP contribution is 2.31. The van der Waals surface area contributed by atoms with Gasteiger partial charge in [-0.2, -0.15) is 0 Å². The number of pyridine rings is 2. The molecule has 28 heavy (non-hydrogen) atoms. The Kier molecular flexibility index (Phi) is 5.60. The number of aromatic nitrogens is 2. The van der Waals surface area contributed by atoms with Crippen molar-refractivity contribution in [1.29, 1.82) is 0 Å². The summed E-state index contributed by atoms with van der Waals surface area (Å²) in [7, 11) is 1.56. The first kappa shape index (κ1) is 19.8. The van der Waals surface area contributed by atoms with Crippen LogP contribution in [0.5, 0.6) is 0 Å². The molecule has 1 fully saturated rings. The molecule has 0 unspecified atom stereocenters. The molecular formula is C20H24N4O4. The molecule has 1 amide bonds. The number of piperidine rings is 1. The summed E-state index contributed by atoms with van der Waals surface area (Å²) in [5.74, 6) is -1.64. The lowest BCUT2D eigenvalue weighted by Gasteiger charge is -2.42. The van der Waals surface area contributed by atoms with Crippen molar-refractivity contribution in [2.24, 2.45) is 0 Å². The monoisotopic (exact) mass is 384 g/mol. The molecule has 1 aliphatic rings. The fourth-order valence-electron chi connectivity index (χ4n) is 3.68. The van der Waals surface area contributed by atoms with Crippen LogP contribution >= 0.6 is 0 Å². The molecule has 0 saturated carbocycles. The van der Waals surface area contributed by atoms with E-state index >= 15 is 0 Å². The number of carboxylic acids is 1. The molecule has 8 heteroatoms. The number of aliphatic hydroxyl groups is 1. The third-order valence-corrected chi connectivity index (χ3v) is 4.89. The Balaban J connectivity index is 1.80. The minimum Gasteiger partial charge on any atom is -0.478 e. The minimum atomic E-state index is -1.18. The number of carbonyl (C=O) groups is 2. The molecule has 3 rings (SSSR count). The largest absolute Gasteiger partial charge is 0.478 e. The average Bonchev–Trinajstić information content (AvgIpc) is 2.64. The number of carboxylic acid groups (broad SMARTS) is 1. The first-order valence-corrected chi connectivity index (χ1v) is 9.12. The number of aliphatic carboxylic acids is 1. The number of amides is 1. The smallest absolute Gasteiger partial charge is 0.328 e. The van der Waals surface area contributed by atoms with E-state index in [-0.39, 0.29) is 6.54 Å². The molecule has 8 nitrogen and oxygen atoms in total. The van der Waals surface area contributed by atoms with Gasteiger partial charge in [0.1, 0.15) is 0 Å². The molecule has 1 atom stereocenters. The van der Waals surface area contributed by atoms with Crippen LogP contribution in [0.25, 0.3) is 10.9 Å². The zero-order chi connectivity index (χ0) is 20.3. The standard InChI is InChI=1S/C20H24N4O4/c1-14-10-17(15-11-21-8-6-16(15)22-14)24-9-3-7-20(28,13-24)12-23(2)18(25)4-5-19(26)27/h4-6,8,10-11,28H,3,7,9,12-13H2,1-2H3,(H,26,27)/b5-4+/t20-/m1/s1. The Morgan fingerprint density at radius 3 is 2.93 bits per heavy atom. The van der Waals surface area contributed by atoms with E-state index in [1.807, 2.05) is 19.1 Å². The van der Waals surface area contributed by atoms with Gasteiger partial charge in [0, 0.05) is 61.5 Å². The highest BCUT2D eigenvalue weighted by atomic mass is 16.4. The molecule has 148 valence electrons. The first-order valence-electron chi connectivity index (χ1n) is 9.12. The Hall–Kier alpha value is -3.00. The lowest BCUT2D eigenvalue weighted by molar-refractivity contribution is -0.132. The molecule has 2 aromatic heterocycles. The maximum atomic E-state index is 12.1. The Morgan fingerprint density at radius 1 is 1.39 bits per heavy atom. The van der Waals surface area contributed by atoms with Crippen LogP contribution in [0.15, 0.2) is 36.7 Å². The van der Waals surface area contributed by atoms with Crippen LogP contribution < -0.4 is 4.90 Å². The van der Waals surface area contributed by atoms with Crippen molar-refractivity contribution < 1.29 is 19.8 Å². The van der Waals surface area contributed by atoms with Crippen LogP contribution in [-0.4, -0.2) is 69.2 Å². The molecule has 0 bridgehead atoms. The van der Waals surface area contributed by atoms with Crippen molar-refractivity contribution >= 4 is 28.5 Å². The van der Waals surface area contributed by atoms with Gasteiger partial charge in [0.2, 0.25) is 5.91 Å². The van der Waals surface area contributed by atoms with Gasteiger partial charge in [0.25, 0.3) is 0 Å². The van der Waals surface area contributed by atoms with Crippen molar-refractivity contribution in [3.63, 3.8) is 0 Å². The second-order valence-electron chi connectivity index (χ2n) is 7.29. The van der Waals surface area contributed by atoms with E-state index in [4.69, 9.17) is 5.11 Å². The lowest BCUT2D eigenvalue weighted by Crippen LogP contribution is -2.54. The normalized spacial score (nSPS) is 19.9. The zero-order valence-corrected chi connectivity index (χ0v) is 16.0. The molecular weight excluding hydrogens is 360 g/mol. The second-order valence-corrected chi connectivity index (χ2v) is 7.29. The van der Waals surface area contributed by atoms with Gasteiger partial charge in [-0.1, -0.05) is 0 Å². The molecule has 0 radical (unpaired) electrons. The highest BCUT2D eigenvalue weighted by molar-refractivity contribution is 5.94. The van der Waals surface area contributed by atoms with E-state index in [0.29, 0.717) is 13.0 Å². The summed E-state index contributed by atoms with van der Waals surface area (Å²) in [5.41, 5.74) is 1.61. The molecule has 0 spiro atoms. The summed E-state index contributed by atoms with van der Waals surface area (Å²) in [5, 5.41) is 20.7. The Morgan fingerprint density at radius 2 is 2.18 bits per heavy atom. The number of anilines is 1. The van der Waals surface area contributed by atoms with E-state index in [1.54, 1.807) is 19.4 Å². The maximum absolute atomic E-state index is 12.1. The first-order chi connectivity index (χ1) is 13.3.